The molecule has 1 atom stereocenters. The van der Waals surface area contributed by atoms with E-state index in [2.05, 4.69) is 12.2 Å². The molecule has 0 amide bonds. The van der Waals surface area contributed by atoms with Gasteiger partial charge in [0.2, 0.25) is 0 Å². The van der Waals surface area contributed by atoms with Crippen molar-refractivity contribution in [2.24, 2.45) is 5.92 Å². The van der Waals surface area contributed by atoms with E-state index in [1.807, 2.05) is 0 Å². The van der Waals surface area contributed by atoms with Gasteiger partial charge in [-0.2, -0.15) is 0 Å². The van der Waals surface area contributed by atoms with Crippen molar-refractivity contribution in [1.82, 2.24) is 5.32 Å². The fraction of sp³-hybridized carbons (Fsp3) is 1.00. The quantitative estimate of drug-likeness (QED) is 0.775. The molecule has 0 radical (unpaired) electrons. The number of hydrogen-bond donors (Lipinski definition) is 1. The Morgan fingerprint density at radius 1 is 1.12 bits per heavy atom. The Labute approximate surface area is 105 Å². The van der Waals surface area contributed by atoms with Crippen molar-refractivity contribution in [2.75, 3.05) is 19.8 Å². The second-order valence-electron chi connectivity index (χ2n) is 5.37. The van der Waals surface area contributed by atoms with E-state index in [1.54, 1.807) is 0 Å². The van der Waals surface area contributed by atoms with E-state index >= 15 is 0 Å². The summed E-state index contributed by atoms with van der Waals surface area (Å²) in [7, 11) is 0. The average molecular weight is 241 g/mol. The van der Waals surface area contributed by atoms with Crippen molar-refractivity contribution in [1.29, 1.82) is 0 Å². The van der Waals surface area contributed by atoms with Crippen LogP contribution in [0, 0.1) is 5.92 Å². The number of rotatable bonds is 6. The van der Waals surface area contributed by atoms with Crippen LogP contribution in [0.2, 0.25) is 0 Å². The van der Waals surface area contributed by atoms with Gasteiger partial charge in [-0.25, -0.2) is 0 Å². The summed E-state index contributed by atoms with van der Waals surface area (Å²) in [5, 5.41) is 3.71. The molecule has 0 aromatic carbocycles. The molecule has 1 unspecified atom stereocenters. The van der Waals surface area contributed by atoms with Crippen LogP contribution in [0.5, 0.6) is 0 Å². The van der Waals surface area contributed by atoms with Crippen LogP contribution in [0.1, 0.15) is 51.9 Å². The van der Waals surface area contributed by atoms with Crippen LogP contribution in [-0.2, 0) is 9.47 Å². The van der Waals surface area contributed by atoms with Crippen LogP contribution in [-0.4, -0.2) is 32.1 Å². The zero-order valence-electron chi connectivity index (χ0n) is 11.1. The second-order valence-corrected chi connectivity index (χ2v) is 5.37. The molecule has 1 N–H and O–H groups in total. The minimum Gasteiger partial charge on any atom is -0.350 e. The first-order valence-corrected chi connectivity index (χ1v) is 7.36. The van der Waals surface area contributed by atoms with Crippen LogP contribution in [0.4, 0.5) is 0 Å². The fourth-order valence-electron chi connectivity index (χ4n) is 3.06. The Hall–Kier alpha value is -0.120. The van der Waals surface area contributed by atoms with E-state index in [1.165, 1.54) is 38.5 Å². The molecule has 3 nitrogen and oxygen atoms in total. The van der Waals surface area contributed by atoms with E-state index in [0.29, 0.717) is 6.04 Å². The minimum absolute atomic E-state index is 0.0475. The van der Waals surface area contributed by atoms with Gasteiger partial charge in [-0.05, 0) is 31.7 Å². The molecule has 3 heteroatoms. The summed E-state index contributed by atoms with van der Waals surface area (Å²) in [4.78, 5) is 0. The van der Waals surface area contributed by atoms with Crippen molar-refractivity contribution in [3.63, 3.8) is 0 Å². The highest BCUT2D eigenvalue weighted by atomic mass is 16.7. The summed E-state index contributed by atoms with van der Waals surface area (Å²) >= 11 is 0. The predicted molar refractivity (Wildman–Crippen MR) is 69.0 cm³/mol. The molecule has 0 aromatic rings. The summed E-state index contributed by atoms with van der Waals surface area (Å²) in [5.74, 6) is 0.836. The summed E-state index contributed by atoms with van der Waals surface area (Å²) in [6, 6.07) is 0.596. The molecule has 17 heavy (non-hydrogen) atoms. The van der Waals surface area contributed by atoms with E-state index in [0.717, 1.165) is 32.1 Å². The molecule has 2 aliphatic rings. The molecule has 2 rings (SSSR count). The van der Waals surface area contributed by atoms with Crippen LogP contribution < -0.4 is 5.32 Å². The van der Waals surface area contributed by atoms with Crippen LogP contribution in [0.15, 0.2) is 0 Å². The summed E-state index contributed by atoms with van der Waals surface area (Å²) in [5.41, 5.74) is 0. The molecule has 1 saturated heterocycles. The molecule has 1 saturated carbocycles. The third kappa shape index (κ3) is 4.23. The lowest BCUT2D eigenvalue weighted by Crippen LogP contribution is -2.40. The van der Waals surface area contributed by atoms with Gasteiger partial charge in [0.1, 0.15) is 0 Å². The number of hydrogen-bond acceptors (Lipinski definition) is 3. The van der Waals surface area contributed by atoms with Gasteiger partial charge >= 0.3 is 0 Å². The topological polar surface area (TPSA) is 30.5 Å². The van der Waals surface area contributed by atoms with Crippen molar-refractivity contribution < 1.29 is 9.47 Å². The highest BCUT2D eigenvalue weighted by Crippen LogP contribution is 2.29. The third-order valence-electron chi connectivity index (χ3n) is 4.01. The Morgan fingerprint density at radius 2 is 1.82 bits per heavy atom. The average Bonchev–Trinajstić information content (AvgIpc) is 2.88. The van der Waals surface area contributed by atoms with Gasteiger partial charge < -0.3 is 14.8 Å². The zero-order chi connectivity index (χ0) is 11.9. The standard InChI is InChI=1S/C14H27NO2/c1-2-8-15-13(11-14-16-9-10-17-14)12-6-4-3-5-7-12/h12-15H,2-11H2,1H3. The zero-order valence-corrected chi connectivity index (χ0v) is 11.1. The first kappa shape index (κ1) is 13.3. The second kappa shape index (κ2) is 7.34. The van der Waals surface area contributed by atoms with E-state index in [9.17, 15) is 0 Å². The predicted octanol–water partition coefficient (Wildman–Crippen LogP) is 2.70. The molecule has 0 spiro atoms. The van der Waals surface area contributed by atoms with Gasteiger partial charge in [-0.1, -0.05) is 26.2 Å². The monoisotopic (exact) mass is 241 g/mol. The van der Waals surface area contributed by atoms with Gasteiger partial charge in [0, 0.05) is 12.5 Å². The van der Waals surface area contributed by atoms with Gasteiger partial charge in [-0.15, -0.1) is 0 Å². The molecular weight excluding hydrogens is 214 g/mol. The van der Waals surface area contributed by atoms with Crippen molar-refractivity contribution in [3.8, 4) is 0 Å². The van der Waals surface area contributed by atoms with Gasteiger partial charge in [0.25, 0.3) is 0 Å². The largest absolute Gasteiger partial charge is 0.350 e. The number of ether oxygens (including phenoxy) is 2. The third-order valence-corrected chi connectivity index (χ3v) is 4.01. The maximum atomic E-state index is 5.59. The van der Waals surface area contributed by atoms with E-state index < -0.39 is 0 Å². The summed E-state index contributed by atoms with van der Waals surface area (Å²) < 4.78 is 11.2. The summed E-state index contributed by atoms with van der Waals surface area (Å²) in [6.07, 6.45) is 9.28. The first-order valence-electron chi connectivity index (χ1n) is 7.36. The number of nitrogens with one attached hydrogen (secondary N) is 1. The van der Waals surface area contributed by atoms with Crippen molar-refractivity contribution >= 4 is 0 Å². The normalized spacial score (nSPS) is 25.2. The van der Waals surface area contributed by atoms with Crippen molar-refractivity contribution in [2.45, 2.75) is 64.2 Å². The Balaban J connectivity index is 1.81. The van der Waals surface area contributed by atoms with E-state index in [4.69, 9.17) is 9.47 Å². The van der Waals surface area contributed by atoms with Crippen LogP contribution >= 0.6 is 0 Å². The molecule has 1 aliphatic carbocycles. The van der Waals surface area contributed by atoms with Crippen LogP contribution in [0.25, 0.3) is 0 Å². The maximum absolute atomic E-state index is 5.59. The lowest BCUT2D eigenvalue weighted by Gasteiger charge is -2.32. The summed E-state index contributed by atoms with van der Waals surface area (Å²) in [6.45, 7) is 4.90. The highest BCUT2D eigenvalue weighted by molar-refractivity contribution is 4.80. The Morgan fingerprint density at radius 3 is 2.47 bits per heavy atom. The maximum Gasteiger partial charge on any atom is 0.159 e. The molecule has 1 aliphatic heterocycles. The lowest BCUT2D eigenvalue weighted by atomic mass is 9.82. The molecule has 2 fully saturated rings. The highest BCUT2D eigenvalue weighted by Gasteiger charge is 2.28. The molecule has 0 bridgehead atoms. The first-order chi connectivity index (χ1) is 8.40. The van der Waals surface area contributed by atoms with Gasteiger partial charge in [-0.3, -0.25) is 0 Å². The smallest absolute Gasteiger partial charge is 0.159 e. The molecule has 0 aromatic heterocycles. The van der Waals surface area contributed by atoms with E-state index in [-0.39, 0.29) is 6.29 Å². The minimum atomic E-state index is 0.0475. The molecule has 1 heterocycles. The molecular formula is C14H27NO2. The Bertz CT molecular complexity index is 198. The van der Waals surface area contributed by atoms with Crippen molar-refractivity contribution in [3.05, 3.63) is 0 Å². The SMILES string of the molecule is CCCNC(CC1OCCO1)C1CCCCC1. The lowest BCUT2D eigenvalue weighted by molar-refractivity contribution is -0.0576. The van der Waals surface area contributed by atoms with Crippen LogP contribution in [0.3, 0.4) is 0 Å². The van der Waals surface area contributed by atoms with Gasteiger partial charge in [0.05, 0.1) is 13.2 Å². The molecule has 100 valence electrons. The fourth-order valence-corrected chi connectivity index (χ4v) is 3.06. The Kier molecular flexibility index (Phi) is 5.75. The van der Waals surface area contributed by atoms with Gasteiger partial charge in [0.15, 0.2) is 6.29 Å².